The number of piperidine rings is 1. The number of halogens is 1. The molecule has 1 N–H and O–H groups in total. The quantitative estimate of drug-likeness (QED) is 0.633. The van der Waals surface area contributed by atoms with Gasteiger partial charge < -0.3 is 10.1 Å². The SMILES string of the molecule is CCOC(=O)Cc1ccc(NC(=O)C2CCN(S(=O)(=O)c3ccc(Cl)cc3)CC2)cc1. The van der Waals surface area contributed by atoms with E-state index >= 15 is 0 Å². The monoisotopic (exact) mass is 464 g/mol. The fourth-order valence-corrected chi connectivity index (χ4v) is 5.04. The predicted octanol–water partition coefficient (Wildman–Crippen LogP) is 3.49. The molecule has 0 aliphatic carbocycles. The summed E-state index contributed by atoms with van der Waals surface area (Å²) in [6, 6.07) is 13.1. The van der Waals surface area contributed by atoms with E-state index in [1.54, 1.807) is 43.3 Å². The van der Waals surface area contributed by atoms with Gasteiger partial charge in [0.2, 0.25) is 15.9 Å². The Hall–Kier alpha value is -2.42. The average molecular weight is 465 g/mol. The summed E-state index contributed by atoms with van der Waals surface area (Å²) in [5, 5.41) is 3.35. The summed E-state index contributed by atoms with van der Waals surface area (Å²) in [7, 11) is -3.60. The van der Waals surface area contributed by atoms with Gasteiger partial charge in [-0.2, -0.15) is 4.31 Å². The molecular weight excluding hydrogens is 440 g/mol. The van der Waals surface area contributed by atoms with Crippen LogP contribution in [0, 0.1) is 5.92 Å². The number of nitrogens with one attached hydrogen (secondary N) is 1. The molecule has 0 saturated carbocycles. The van der Waals surface area contributed by atoms with Crippen LogP contribution in [0.4, 0.5) is 5.69 Å². The largest absolute Gasteiger partial charge is 0.466 e. The zero-order valence-electron chi connectivity index (χ0n) is 17.2. The lowest BCUT2D eigenvalue weighted by Gasteiger charge is -2.30. The highest BCUT2D eigenvalue weighted by Crippen LogP contribution is 2.25. The van der Waals surface area contributed by atoms with E-state index < -0.39 is 10.0 Å². The first-order chi connectivity index (χ1) is 14.8. The Balaban J connectivity index is 1.53. The Morgan fingerprint density at radius 1 is 1.06 bits per heavy atom. The van der Waals surface area contributed by atoms with E-state index in [2.05, 4.69) is 5.32 Å². The Bertz CT molecular complexity index is 1010. The maximum Gasteiger partial charge on any atom is 0.310 e. The molecule has 0 aromatic heterocycles. The van der Waals surface area contributed by atoms with Gasteiger partial charge in [-0.05, 0) is 61.7 Å². The summed E-state index contributed by atoms with van der Waals surface area (Å²) in [5.41, 5.74) is 1.44. The third-order valence-corrected chi connectivity index (χ3v) is 7.32. The molecule has 0 spiro atoms. The fraction of sp³-hybridized carbons (Fsp3) is 0.364. The van der Waals surface area contributed by atoms with E-state index in [0.717, 1.165) is 5.56 Å². The Morgan fingerprint density at radius 3 is 2.26 bits per heavy atom. The molecule has 0 bridgehead atoms. The number of nitrogens with zero attached hydrogens (tertiary/aromatic N) is 1. The van der Waals surface area contributed by atoms with Gasteiger partial charge in [-0.15, -0.1) is 0 Å². The fourth-order valence-electron chi connectivity index (χ4n) is 3.44. The molecule has 1 fully saturated rings. The summed E-state index contributed by atoms with van der Waals surface area (Å²) in [5.74, 6) is -0.697. The molecule has 1 aliphatic rings. The molecule has 1 heterocycles. The van der Waals surface area contributed by atoms with Gasteiger partial charge in [0.05, 0.1) is 17.9 Å². The van der Waals surface area contributed by atoms with Gasteiger partial charge >= 0.3 is 5.97 Å². The van der Waals surface area contributed by atoms with E-state index in [4.69, 9.17) is 16.3 Å². The van der Waals surface area contributed by atoms with Gasteiger partial charge in [0.15, 0.2) is 0 Å². The minimum absolute atomic E-state index is 0.137. The van der Waals surface area contributed by atoms with Crippen LogP contribution < -0.4 is 5.32 Å². The van der Waals surface area contributed by atoms with E-state index in [9.17, 15) is 18.0 Å². The van der Waals surface area contributed by atoms with Crippen LogP contribution in [-0.4, -0.2) is 44.3 Å². The van der Waals surface area contributed by atoms with Crippen molar-refractivity contribution < 1.29 is 22.7 Å². The van der Waals surface area contributed by atoms with Crippen molar-refractivity contribution in [1.82, 2.24) is 4.31 Å². The summed E-state index contributed by atoms with van der Waals surface area (Å²) >= 11 is 5.84. The van der Waals surface area contributed by atoms with Crippen molar-refractivity contribution in [3.63, 3.8) is 0 Å². The lowest BCUT2D eigenvalue weighted by atomic mass is 9.97. The van der Waals surface area contributed by atoms with Gasteiger partial charge in [-0.1, -0.05) is 23.7 Å². The van der Waals surface area contributed by atoms with Gasteiger partial charge in [-0.3, -0.25) is 9.59 Å². The first-order valence-corrected chi connectivity index (χ1v) is 11.9. The number of hydrogen-bond donors (Lipinski definition) is 1. The molecular formula is C22H25ClN2O5S. The van der Waals surface area contributed by atoms with E-state index in [-0.39, 0.29) is 42.2 Å². The number of ether oxygens (including phenoxy) is 1. The number of sulfonamides is 1. The molecule has 3 rings (SSSR count). The van der Waals surface area contributed by atoms with Crippen LogP contribution in [0.5, 0.6) is 0 Å². The van der Waals surface area contributed by atoms with Crippen LogP contribution in [0.1, 0.15) is 25.3 Å². The molecule has 0 radical (unpaired) electrons. The lowest BCUT2D eigenvalue weighted by Crippen LogP contribution is -2.41. The molecule has 9 heteroatoms. The molecule has 1 saturated heterocycles. The summed E-state index contributed by atoms with van der Waals surface area (Å²) < 4.78 is 31.9. The van der Waals surface area contributed by atoms with Crippen LogP contribution in [0.2, 0.25) is 5.02 Å². The molecule has 0 atom stereocenters. The second-order valence-electron chi connectivity index (χ2n) is 7.30. The third kappa shape index (κ3) is 6.06. The molecule has 7 nitrogen and oxygen atoms in total. The maximum atomic E-state index is 12.8. The van der Waals surface area contributed by atoms with Crippen molar-refractivity contribution >= 4 is 39.2 Å². The molecule has 2 aromatic rings. The summed E-state index contributed by atoms with van der Waals surface area (Å²) in [4.78, 5) is 24.3. The number of carbonyl (C=O) groups is 2. The lowest BCUT2D eigenvalue weighted by molar-refractivity contribution is -0.142. The number of amides is 1. The molecule has 1 aliphatic heterocycles. The Kier molecular flexibility index (Phi) is 7.69. The van der Waals surface area contributed by atoms with Crippen molar-refractivity contribution in [1.29, 1.82) is 0 Å². The molecule has 0 unspecified atom stereocenters. The van der Waals surface area contributed by atoms with Crippen LogP contribution in [-0.2, 0) is 30.8 Å². The zero-order valence-corrected chi connectivity index (χ0v) is 18.8. The van der Waals surface area contributed by atoms with Crippen LogP contribution >= 0.6 is 11.6 Å². The standard InChI is InChI=1S/C22H25ClN2O5S/c1-2-30-21(26)15-16-3-7-19(8-4-16)24-22(27)17-11-13-25(14-12-17)31(28,29)20-9-5-18(23)6-10-20/h3-10,17H,2,11-15H2,1H3,(H,24,27). The highest BCUT2D eigenvalue weighted by molar-refractivity contribution is 7.89. The van der Waals surface area contributed by atoms with Gasteiger partial charge in [0, 0.05) is 29.7 Å². The first-order valence-electron chi connectivity index (χ1n) is 10.1. The molecule has 166 valence electrons. The van der Waals surface area contributed by atoms with Crippen LogP contribution in [0.3, 0.4) is 0 Å². The Morgan fingerprint density at radius 2 is 1.68 bits per heavy atom. The number of hydrogen-bond acceptors (Lipinski definition) is 5. The molecule has 31 heavy (non-hydrogen) atoms. The highest BCUT2D eigenvalue weighted by atomic mass is 35.5. The van der Waals surface area contributed by atoms with E-state index in [1.807, 2.05) is 0 Å². The molecule has 1 amide bonds. The zero-order chi connectivity index (χ0) is 22.4. The topological polar surface area (TPSA) is 92.8 Å². The van der Waals surface area contributed by atoms with Crippen molar-refractivity contribution in [2.45, 2.75) is 31.1 Å². The van der Waals surface area contributed by atoms with Crippen molar-refractivity contribution in [3.8, 4) is 0 Å². The summed E-state index contributed by atoms with van der Waals surface area (Å²) in [6.45, 7) is 2.66. The van der Waals surface area contributed by atoms with Crippen LogP contribution in [0.15, 0.2) is 53.4 Å². The number of benzene rings is 2. The van der Waals surface area contributed by atoms with Crippen molar-refractivity contribution in [3.05, 3.63) is 59.1 Å². The van der Waals surface area contributed by atoms with Gasteiger partial charge in [0.1, 0.15) is 0 Å². The maximum absolute atomic E-state index is 12.8. The van der Waals surface area contributed by atoms with Crippen molar-refractivity contribution in [2.24, 2.45) is 5.92 Å². The van der Waals surface area contributed by atoms with Crippen molar-refractivity contribution in [2.75, 3.05) is 25.0 Å². The average Bonchev–Trinajstić information content (AvgIpc) is 2.75. The van der Waals surface area contributed by atoms with Crippen LogP contribution in [0.25, 0.3) is 0 Å². The highest BCUT2D eigenvalue weighted by Gasteiger charge is 2.32. The molecule has 2 aromatic carbocycles. The second-order valence-corrected chi connectivity index (χ2v) is 9.67. The van der Waals surface area contributed by atoms with Gasteiger partial charge in [-0.25, -0.2) is 8.42 Å². The smallest absolute Gasteiger partial charge is 0.310 e. The number of carbonyl (C=O) groups excluding carboxylic acids is 2. The number of anilines is 1. The summed E-state index contributed by atoms with van der Waals surface area (Å²) in [6.07, 6.45) is 1.07. The minimum Gasteiger partial charge on any atom is -0.466 e. The number of rotatable bonds is 7. The second kappa shape index (κ2) is 10.3. The van der Waals surface area contributed by atoms with Gasteiger partial charge in [0.25, 0.3) is 0 Å². The first kappa shape index (κ1) is 23.2. The Labute approximate surface area is 187 Å². The predicted molar refractivity (Wildman–Crippen MR) is 118 cm³/mol. The number of esters is 1. The minimum atomic E-state index is -3.60. The normalized spacial score (nSPS) is 15.4. The van der Waals surface area contributed by atoms with E-state index in [0.29, 0.717) is 30.2 Å². The van der Waals surface area contributed by atoms with E-state index in [1.165, 1.54) is 16.4 Å². The third-order valence-electron chi connectivity index (χ3n) is 5.15.